The van der Waals surface area contributed by atoms with Gasteiger partial charge in [0, 0.05) is 24.9 Å². The summed E-state index contributed by atoms with van der Waals surface area (Å²) in [5.41, 5.74) is 1.47. The van der Waals surface area contributed by atoms with E-state index in [1.165, 1.54) is 6.07 Å². The highest BCUT2D eigenvalue weighted by atomic mass is 35.5. The molecule has 0 radical (unpaired) electrons. The van der Waals surface area contributed by atoms with Crippen LogP contribution in [0.1, 0.15) is 24.8 Å². The van der Waals surface area contributed by atoms with E-state index in [9.17, 15) is 23.2 Å². The van der Waals surface area contributed by atoms with E-state index >= 15 is 0 Å². The highest BCUT2D eigenvalue weighted by Crippen LogP contribution is 2.30. The fourth-order valence-corrected chi connectivity index (χ4v) is 2.90. The van der Waals surface area contributed by atoms with E-state index < -0.39 is 30.8 Å². The zero-order chi connectivity index (χ0) is 17.5. The lowest BCUT2D eigenvalue weighted by molar-refractivity contribution is -0.121. The summed E-state index contributed by atoms with van der Waals surface area (Å²) in [5, 5.41) is 5.04. The molecule has 25 heavy (non-hydrogen) atoms. The molecule has 9 heteroatoms. The van der Waals surface area contributed by atoms with Crippen LogP contribution in [0.15, 0.2) is 18.2 Å². The summed E-state index contributed by atoms with van der Waals surface area (Å²) < 4.78 is 26.4. The predicted molar refractivity (Wildman–Crippen MR) is 90.1 cm³/mol. The van der Waals surface area contributed by atoms with Crippen molar-refractivity contribution < 1.29 is 23.2 Å². The van der Waals surface area contributed by atoms with Crippen molar-refractivity contribution >= 4 is 41.5 Å². The van der Waals surface area contributed by atoms with Crippen LogP contribution in [0.25, 0.3) is 0 Å². The van der Waals surface area contributed by atoms with E-state index in [2.05, 4.69) is 10.6 Å². The number of nitrogens with one attached hydrogen (secondary N) is 2. The van der Waals surface area contributed by atoms with Crippen molar-refractivity contribution in [2.24, 2.45) is 0 Å². The van der Waals surface area contributed by atoms with Gasteiger partial charge in [-0.1, -0.05) is 6.07 Å². The minimum Gasteiger partial charge on any atom is -0.325 e. The molecule has 6 nitrogen and oxygen atoms in total. The number of benzene rings is 1. The lowest BCUT2D eigenvalue weighted by atomic mass is 10.1. The number of nitrogens with zero attached hydrogens (tertiary/aromatic N) is 1. The summed E-state index contributed by atoms with van der Waals surface area (Å²) in [5.74, 6) is -4.04. The molecular formula is C16H18ClF2N3O3. The smallest absolute Gasteiger partial charge is 0.262 e. The van der Waals surface area contributed by atoms with Crippen LogP contribution in [0, 0.1) is 6.92 Å². The Kier molecular flexibility index (Phi) is 5.43. The molecular weight excluding hydrogens is 356 g/mol. The third-order valence-electron chi connectivity index (χ3n) is 4.20. The summed E-state index contributed by atoms with van der Waals surface area (Å²) >= 11 is 0. The van der Waals surface area contributed by atoms with Gasteiger partial charge < -0.3 is 5.32 Å². The van der Waals surface area contributed by atoms with Crippen LogP contribution in [-0.4, -0.2) is 36.2 Å². The lowest BCUT2D eigenvalue weighted by Gasteiger charge is -2.18. The second kappa shape index (κ2) is 7.05. The summed E-state index contributed by atoms with van der Waals surface area (Å²) in [4.78, 5) is 37.0. The van der Waals surface area contributed by atoms with E-state index in [4.69, 9.17) is 0 Å². The first kappa shape index (κ1) is 19.3. The molecule has 0 saturated carbocycles. The van der Waals surface area contributed by atoms with E-state index in [1.54, 1.807) is 19.1 Å². The van der Waals surface area contributed by atoms with Gasteiger partial charge in [-0.15, -0.1) is 12.4 Å². The summed E-state index contributed by atoms with van der Waals surface area (Å²) in [6.07, 6.45) is -0.230. The molecule has 0 bridgehead atoms. The van der Waals surface area contributed by atoms with E-state index in [1.807, 2.05) is 0 Å². The number of imide groups is 1. The Morgan fingerprint density at radius 1 is 1.28 bits per heavy atom. The molecule has 2 aliphatic rings. The summed E-state index contributed by atoms with van der Waals surface area (Å²) in [7, 11) is 0. The van der Waals surface area contributed by atoms with E-state index in [0.29, 0.717) is 16.9 Å². The lowest BCUT2D eigenvalue weighted by Crippen LogP contribution is -2.35. The number of alkyl halides is 2. The van der Waals surface area contributed by atoms with Crippen molar-refractivity contribution in [2.75, 3.05) is 16.8 Å². The van der Waals surface area contributed by atoms with Gasteiger partial charge in [0.1, 0.15) is 0 Å². The maximum atomic E-state index is 13.2. The molecule has 1 atom stereocenters. The normalized spacial score (nSPS) is 22.0. The van der Waals surface area contributed by atoms with Gasteiger partial charge in [-0.05, 0) is 24.6 Å². The Morgan fingerprint density at radius 2 is 1.92 bits per heavy atom. The van der Waals surface area contributed by atoms with Gasteiger partial charge in [0.05, 0.1) is 18.3 Å². The van der Waals surface area contributed by atoms with Gasteiger partial charge in [-0.25, -0.2) is 8.78 Å². The van der Waals surface area contributed by atoms with Gasteiger partial charge in [0.15, 0.2) is 0 Å². The number of aryl methyl sites for hydroxylation is 1. The standard InChI is InChI=1S/C16H17F2N3O3.ClH/c1-9-2-3-10(6-12(9)21-13(22)4-5-14(21)23)20-15(24)11-7-16(17,18)8-19-11;/h2-3,6,11,19H,4-5,7-8H2,1H3,(H,20,24);1H. The number of carbonyl (C=O) groups excluding carboxylic acids is 3. The second-order valence-electron chi connectivity index (χ2n) is 6.11. The van der Waals surface area contributed by atoms with Crippen molar-refractivity contribution in [1.29, 1.82) is 0 Å². The Hall–Kier alpha value is -2.06. The van der Waals surface area contributed by atoms with Crippen LogP contribution >= 0.6 is 12.4 Å². The van der Waals surface area contributed by atoms with Gasteiger partial charge in [0.25, 0.3) is 5.92 Å². The molecule has 2 aliphatic heterocycles. The first-order valence-corrected chi connectivity index (χ1v) is 7.65. The fraction of sp³-hybridized carbons (Fsp3) is 0.438. The largest absolute Gasteiger partial charge is 0.325 e. The number of anilines is 2. The maximum absolute atomic E-state index is 13.2. The topological polar surface area (TPSA) is 78.5 Å². The van der Waals surface area contributed by atoms with Crippen LogP contribution in [0.5, 0.6) is 0 Å². The highest BCUT2D eigenvalue weighted by Gasteiger charge is 2.42. The average molecular weight is 374 g/mol. The maximum Gasteiger partial charge on any atom is 0.262 e. The van der Waals surface area contributed by atoms with Crippen LogP contribution in [0.2, 0.25) is 0 Å². The molecule has 0 aliphatic carbocycles. The van der Waals surface area contributed by atoms with Crippen LogP contribution in [0.4, 0.5) is 20.2 Å². The van der Waals surface area contributed by atoms with Gasteiger partial charge in [0.2, 0.25) is 17.7 Å². The Morgan fingerprint density at radius 3 is 2.48 bits per heavy atom. The Labute approximate surface area is 149 Å². The molecule has 3 amide bonds. The van der Waals surface area contributed by atoms with E-state index in [-0.39, 0.29) is 37.1 Å². The van der Waals surface area contributed by atoms with Crippen LogP contribution in [-0.2, 0) is 14.4 Å². The molecule has 1 aromatic carbocycles. The van der Waals surface area contributed by atoms with Crippen molar-refractivity contribution in [3.05, 3.63) is 23.8 Å². The van der Waals surface area contributed by atoms with Crippen molar-refractivity contribution in [3.63, 3.8) is 0 Å². The molecule has 1 unspecified atom stereocenters. The van der Waals surface area contributed by atoms with Crippen LogP contribution < -0.4 is 15.5 Å². The number of halogens is 3. The number of amides is 3. The second-order valence-corrected chi connectivity index (χ2v) is 6.11. The number of hydrogen-bond donors (Lipinski definition) is 2. The quantitative estimate of drug-likeness (QED) is 0.794. The zero-order valence-electron chi connectivity index (χ0n) is 13.5. The molecule has 2 N–H and O–H groups in total. The minimum atomic E-state index is -2.89. The predicted octanol–water partition coefficient (Wildman–Crippen LogP) is 2.01. The fourth-order valence-electron chi connectivity index (χ4n) is 2.90. The van der Waals surface area contributed by atoms with Gasteiger partial charge >= 0.3 is 0 Å². The summed E-state index contributed by atoms with van der Waals surface area (Å²) in [6, 6.07) is 3.82. The van der Waals surface area contributed by atoms with Gasteiger partial charge in [-0.3, -0.25) is 24.6 Å². The third kappa shape index (κ3) is 3.96. The molecule has 3 rings (SSSR count). The van der Waals surface area contributed by atoms with Gasteiger partial charge in [-0.2, -0.15) is 0 Å². The first-order valence-electron chi connectivity index (χ1n) is 7.65. The summed E-state index contributed by atoms with van der Waals surface area (Å²) in [6.45, 7) is 1.22. The highest BCUT2D eigenvalue weighted by molar-refractivity contribution is 6.20. The Bertz CT molecular complexity index is 711. The molecule has 2 saturated heterocycles. The first-order chi connectivity index (χ1) is 11.3. The number of carbonyl (C=O) groups is 3. The third-order valence-corrected chi connectivity index (χ3v) is 4.20. The number of rotatable bonds is 3. The average Bonchev–Trinajstić information content (AvgIpc) is 3.04. The molecule has 2 heterocycles. The van der Waals surface area contributed by atoms with Crippen molar-refractivity contribution in [1.82, 2.24) is 5.32 Å². The zero-order valence-corrected chi connectivity index (χ0v) is 14.3. The van der Waals surface area contributed by atoms with Crippen molar-refractivity contribution in [2.45, 2.75) is 38.2 Å². The number of hydrogen-bond acceptors (Lipinski definition) is 4. The van der Waals surface area contributed by atoms with E-state index in [0.717, 1.165) is 4.90 Å². The molecule has 2 fully saturated rings. The minimum absolute atomic E-state index is 0. The molecule has 0 aromatic heterocycles. The SMILES string of the molecule is Cc1ccc(NC(=O)C2CC(F)(F)CN2)cc1N1C(=O)CCC1=O.Cl. The van der Waals surface area contributed by atoms with Crippen molar-refractivity contribution in [3.8, 4) is 0 Å². The Balaban J connectivity index is 0.00000225. The molecule has 1 aromatic rings. The monoisotopic (exact) mass is 373 g/mol. The molecule has 136 valence electrons. The van der Waals surface area contributed by atoms with Crippen LogP contribution in [0.3, 0.4) is 0 Å². The molecule has 0 spiro atoms.